The van der Waals surface area contributed by atoms with Gasteiger partial charge in [0.15, 0.2) is 0 Å². The van der Waals surface area contributed by atoms with E-state index in [0.29, 0.717) is 0 Å². The van der Waals surface area contributed by atoms with E-state index in [1.54, 1.807) is 0 Å². The zero-order chi connectivity index (χ0) is 13.1. The molecule has 96 valence electrons. The van der Waals surface area contributed by atoms with Crippen molar-refractivity contribution >= 4 is 37.5 Å². The van der Waals surface area contributed by atoms with E-state index in [4.69, 9.17) is 0 Å². The fourth-order valence-corrected chi connectivity index (χ4v) is 2.77. The van der Waals surface area contributed by atoms with E-state index in [-0.39, 0.29) is 12.4 Å². The Labute approximate surface area is 119 Å². The zero-order valence-electron chi connectivity index (χ0n) is 9.08. The largest absolute Gasteiger partial charge is 0.376 e. The Balaban J connectivity index is 2.14. The van der Waals surface area contributed by atoms with E-state index < -0.39 is 6.55 Å². The van der Waals surface area contributed by atoms with Crippen LogP contribution in [0.25, 0.3) is 0 Å². The number of imidazole rings is 1. The van der Waals surface area contributed by atoms with Crippen LogP contribution in [0.1, 0.15) is 12.4 Å². The third kappa shape index (κ3) is 2.89. The Morgan fingerprint density at radius 3 is 2.56 bits per heavy atom. The number of hydrogen-bond acceptors (Lipinski definition) is 2. The van der Waals surface area contributed by atoms with E-state index in [2.05, 4.69) is 42.2 Å². The van der Waals surface area contributed by atoms with Crippen molar-refractivity contribution in [1.82, 2.24) is 9.55 Å². The molecule has 3 nitrogen and oxygen atoms in total. The molecule has 0 amide bonds. The Morgan fingerprint density at radius 1 is 1.28 bits per heavy atom. The summed E-state index contributed by atoms with van der Waals surface area (Å²) in [5.74, 6) is 0.285. The van der Waals surface area contributed by atoms with E-state index in [1.807, 2.05) is 18.2 Å². The maximum Gasteiger partial charge on any atom is 0.319 e. The summed E-state index contributed by atoms with van der Waals surface area (Å²) in [6, 6.07) is 5.61. The second-order valence-corrected chi connectivity index (χ2v) is 5.19. The van der Waals surface area contributed by atoms with Crippen molar-refractivity contribution in [3.63, 3.8) is 0 Å². The van der Waals surface area contributed by atoms with Crippen LogP contribution >= 0.6 is 31.9 Å². The van der Waals surface area contributed by atoms with Crippen LogP contribution in [0.3, 0.4) is 0 Å². The lowest BCUT2D eigenvalue weighted by atomic mass is 10.3. The molecule has 0 aliphatic carbocycles. The van der Waals surface area contributed by atoms with Crippen LogP contribution in [0.15, 0.2) is 39.5 Å². The molecule has 0 saturated heterocycles. The summed E-state index contributed by atoms with van der Waals surface area (Å²) < 4.78 is 27.8. The average Bonchev–Trinajstić information content (AvgIpc) is 2.76. The predicted octanol–water partition coefficient (Wildman–Crippen LogP) is 4.42. The van der Waals surface area contributed by atoms with Crippen LogP contribution in [0, 0.1) is 0 Å². The number of rotatable bonds is 4. The van der Waals surface area contributed by atoms with Crippen molar-refractivity contribution in [3.8, 4) is 0 Å². The third-order valence-electron chi connectivity index (χ3n) is 2.35. The molecule has 1 aromatic heterocycles. The lowest BCUT2D eigenvalue weighted by molar-refractivity contribution is 0.0673. The monoisotopic (exact) mass is 379 g/mol. The molecule has 1 aromatic carbocycles. The number of alkyl halides is 2. The summed E-state index contributed by atoms with van der Waals surface area (Å²) in [5.41, 5.74) is 0.807. The molecule has 0 fully saturated rings. The van der Waals surface area contributed by atoms with Gasteiger partial charge in [-0.25, -0.2) is 4.98 Å². The maximum absolute atomic E-state index is 12.6. The number of anilines is 1. The highest BCUT2D eigenvalue weighted by atomic mass is 79.9. The van der Waals surface area contributed by atoms with Gasteiger partial charge in [0.25, 0.3) is 0 Å². The molecule has 1 N–H and O–H groups in total. The molecule has 2 aromatic rings. The van der Waals surface area contributed by atoms with Gasteiger partial charge in [-0.2, -0.15) is 8.78 Å². The van der Waals surface area contributed by atoms with Crippen molar-refractivity contribution in [2.45, 2.75) is 13.1 Å². The molecule has 0 aliphatic rings. The number of para-hydroxylation sites is 1. The molecule has 0 aliphatic heterocycles. The van der Waals surface area contributed by atoms with Gasteiger partial charge in [0.05, 0.1) is 12.2 Å². The summed E-state index contributed by atoms with van der Waals surface area (Å²) in [7, 11) is 0. The second-order valence-electron chi connectivity index (χ2n) is 3.48. The van der Waals surface area contributed by atoms with Gasteiger partial charge in [-0.15, -0.1) is 0 Å². The highest BCUT2D eigenvalue weighted by Gasteiger charge is 2.12. The first kappa shape index (κ1) is 13.5. The standard InChI is InChI=1S/C11H9Br2F2N3/c12-7-2-1-3-8(13)10(7)17-6-9-16-4-5-18(9)11(14)15/h1-5,11,17H,6H2. The second kappa shape index (κ2) is 5.79. The van der Waals surface area contributed by atoms with Gasteiger partial charge in [0.1, 0.15) is 5.82 Å². The first-order valence-electron chi connectivity index (χ1n) is 5.07. The van der Waals surface area contributed by atoms with Crippen LogP contribution in [0.2, 0.25) is 0 Å². The Kier molecular flexibility index (Phi) is 4.34. The molecule has 0 bridgehead atoms. The topological polar surface area (TPSA) is 29.9 Å². The summed E-state index contributed by atoms with van der Waals surface area (Å²) in [4.78, 5) is 3.90. The molecule has 0 atom stereocenters. The van der Waals surface area contributed by atoms with Gasteiger partial charge in [-0.3, -0.25) is 4.57 Å². The van der Waals surface area contributed by atoms with Crippen LogP contribution in [0.4, 0.5) is 14.5 Å². The predicted molar refractivity (Wildman–Crippen MR) is 72.6 cm³/mol. The lowest BCUT2D eigenvalue weighted by Gasteiger charge is -2.11. The fourth-order valence-electron chi connectivity index (χ4n) is 1.49. The van der Waals surface area contributed by atoms with Crippen molar-refractivity contribution in [2.75, 3.05) is 5.32 Å². The van der Waals surface area contributed by atoms with Crippen LogP contribution in [-0.4, -0.2) is 9.55 Å². The number of nitrogens with zero attached hydrogens (tertiary/aromatic N) is 2. The first-order chi connectivity index (χ1) is 8.59. The van der Waals surface area contributed by atoms with Crippen LogP contribution in [0.5, 0.6) is 0 Å². The normalized spacial score (nSPS) is 10.9. The Morgan fingerprint density at radius 2 is 1.94 bits per heavy atom. The lowest BCUT2D eigenvalue weighted by Crippen LogP contribution is -2.09. The van der Waals surface area contributed by atoms with Gasteiger partial charge in [-0.05, 0) is 44.0 Å². The number of benzene rings is 1. The molecule has 7 heteroatoms. The fraction of sp³-hybridized carbons (Fsp3) is 0.182. The van der Waals surface area contributed by atoms with E-state index in [9.17, 15) is 8.78 Å². The SMILES string of the molecule is FC(F)n1ccnc1CNc1c(Br)cccc1Br. The summed E-state index contributed by atoms with van der Waals surface area (Å²) in [6.07, 6.45) is 2.62. The molecule has 0 saturated carbocycles. The summed E-state index contributed by atoms with van der Waals surface area (Å²) in [5, 5.41) is 3.07. The van der Waals surface area contributed by atoms with Gasteiger partial charge in [-0.1, -0.05) is 6.07 Å². The molecule has 18 heavy (non-hydrogen) atoms. The molecule has 2 rings (SSSR count). The van der Waals surface area contributed by atoms with Crippen molar-refractivity contribution in [3.05, 3.63) is 45.4 Å². The zero-order valence-corrected chi connectivity index (χ0v) is 12.2. The van der Waals surface area contributed by atoms with E-state index >= 15 is 0 Å². The maximum atomic E-state index is 12.6. The number of aromatic nitrogens is 2. The number of hydrogen-bond donors (Lipinski definition) is 1. The van der Waals surface area contributed by atoms with E-state index in [1.165, 1.54) is 12.4 Å². The minimum Gasteiger partial charge on any atom is -0.376 e. The van der Waals surface area contributed by atoms with Gasteiger partial charge in [0.2, 0.25) is 0 Å². The Hall–Kier alpha value is -0.950. The average molecular weight is 381 g/mol. The summed E-state index contributed by atoms with van der Waals surface area (Å²) in [6.45, 7) is -2.36. The number of nitrogens with one attached hydrogen (secondary N) is 1. The smallest absolute Gasteiger partial charge is 0.319 e. The minimum atomic E-state index is -2.58. The number of halogens is 4. The third-order valence-corrected chi connectivity index (χ3v) is 3.67. The molecule has 1 heterocycles. The van der Waals surface area contributed by atoms with Crippen LogP contribution < -0.4 is 5.32 Å². The Bertz CT molecular complexity index is 523. The van der Waals surface area contributed by atoms with Gasteiger partial charge >= 0.3 is 6.55 Å². The molecular formula is C11H9Br2F2N3. The summed E-state index contributed by atoms with van der Waals surface area (Å²) >= 11 is 6.78. The quantitative estimate of drug-likeness (QED) is 0.851. The molecule has 0 spiro atoms. The van der Waals surface area contributed by atoms with Crippen molar-refractivity contribution in [1.29, 1.82) is 0 Å². The van der Waals surface area contributed by atoms with Crippen molar-refractivity contribution < 1.29 is 8.78 Å². The van der Waals surface area contributed by atoms with E-state index in [0.717, 1.165) is 19.2 Å². The molecule has 0 unspecified atom stereocenters. The van der Waals surface area contributed by atoms with Gasteiger partial charge in [0, 0.05) is 21.3 Å². The van der Waals surface area contributed by atoms with Crippen molar-refractivity contribution in [2.24, 2.45) is 0 Å². The highest BCUT2D eigenvalue weighted by molar-refractivity contribution is 9.11. The highest BCUT2D eigenvalue weighted by Crippen LogP contribution is 2.30. The molecule has 0 radical (unpaired) electrons. The van der Waals surface area contributed by atoms with Crippen LogP contribution in [-0.2, 0) is 6.54 Å². The minimum absolute atomic E-state index is 0.221. The molecular weight excluding hydrogens is 372 g/mol. The first-order valence-corrected chi connectivity index (χ1v) is 6.66. The van der Waals surface area contributed by atoms with Gasteiger partial charge < -0.3 is 5.32 Å².